The van der Waals surface area contributed by atoms with Crippen LogP contribution in [0.1, 0.15) is 12.8 Å². The number of thiophene rings is 1. The Morgan fingerprint density at radius 1 is 1.08 bits per heavy atom. The van der Waals surface area contributed by atoms with E-state index in [1.165, 1.54) is 11.3 Å². The zero-order valence-electron chi connectivity index (χ0n) is 14.2. The second-order valence-electron chi connectivity index (χ2n) is 6.09. The lowest BCUT2D eigenvalue weighted by molar-refractivity contribution is 0.396. The fourth-order valence-corrected chi connectivity index (χ4v) is 3.23. The molecule has 1 N–H and O–H groups in total. The molecule has 0 fully saturated rings. The summed E-state index contributed by atoms with van der Waals surface area (Å²) in [4.78, 5) is 12.1. The van der Waals surface area contributed by atoms with Gasteiger partial charge in [-0.15, -0.1) is 11.3 Å². The van der Waals surface area contributed by atoms with Gasteiger partial charge in [-0.25, -0.2) is 18.7 Å². The van der Waals surface area contributed by atoms with Gasteiger partial charge >= 0.3 is 0 Å². The van der Waals surface area contributed by atoms with Crippen molar-refractivity contribution in [2.45, 2.75) is 12.8 Å². The topological polar surface area (TPSA) is 41.0 Å². The van der Waals surface area contributed by atoms with Crippen molar-refractivity contribution in [1.82, 2.24) is 14.9 Å². The number of halogens is 2. The van der Waals surface area contributed by atoms with Crippen LogP contribution in [0, 0.1) is 11.6 Å². The summed E-state index contributed by atoms with van der Waals surface area (Å²) in [6, 6.07) is 6.05. The minimum atomic E-state index is -0.914. The molecule has 132 valence electrons. The molecule has 0 radical (unpaired) electrons. The quantitative estimate of drug-likeness (QED) is 0.633. The zero-order valence-corrected chi connectivity index (χ0v) is 15.0. The van der Waals surface area contributed by atoms with E-state index in [2.05, 4.69) is 20.2 Å². The summed E-state index contributed by atoms with van der Waals surface area (Å²) in [5, 5.41) is 5.25. The number of hydrogen-bond donors (Lipinski definition) is 1. The number of nitrogens with one attached hydrogen (secondary N) is 1. The molecule has 2 heterocycles. The summed E-state index contributed by atoms with van der Waals surface area (Å²) in [5.41, 5.74) is 1.36. The predicted octanol–water partition coefficient (Wildman–Crippen LogP) is 4.39. The summed E-state index contributed by atoms with van der Waals surface area (Å²) >= 11 is 1.54. The van der Waals surface area contributed by atoms with Crippen molar-refractivity contribution in [2.75, 3.05) is 32.5 Å². The van der Waals surface area contributed by atoms with E-state index in [9.17, 15) is 8.78 Å². The number of fused-ring (bicyclic) bond motifs is 1. The Hall–Kier alpha value is -2.12. The van der Waals surface area contributed by atoms with E-state index < -0.39 is 11.6 Å². The number of hydrogen-bond acceptors (Lipinski definition) is 5. The Labute approximate surface area is 149 Å². The molecule has 1 aromatic carbocycles. The Morgan fingerprint density at radius 2 is 1.80 bits per heavy atom. The molecular weight excluding hydrogens is 342 g/mol. The molecule has 0 atom stereocenters. The average Bonchev–Trinajstić information content (AvgIpc) is 3.09. The lowest BCUT2D eigenvalue weighted by Gasteiger charge is -2.12. The Bertz CT molecular complexity index is 850. The van der Waals surface area contributed by atoms with E-state index in [1.54, 1.807) is 0 Å². The van der Waals surface area contributed by atoms with Crippen molar-refractivity contribution in [3.8, 4) is 10.6 Å². The standard InChI is InChI=1S/C18H20F2N4S/c1-24(2)8-4-3-7-21-18-17(16-6-5-9-25-16)22-14-10-12(19)13(20)11-15(14)23-18/h5-6,9-11H,3-4,7-8H2,1-2H3,(H,21,23). The van der Waals surface area contributed by atoms with Crippen molar-refractivity contribution in [3.63, 3.8) is 0 Å². The number of aromatic nitrogens is 2. The van der Waals surface area contributed by atoms with Crippen LogP contribution in [0.5, 0.6) is 0 Å². The molecule has 0 aliphatic rings. The molecule has 3 aromatic rings. The maximum Gasteiger partial charge on any atom is 0.161 e. The minimum absolute atomic E-state index is 0.343. The summed E-state index contributed by atoms with van der Waals surface area (Å²) < 4.78 is 27.0. The van der Waals surface area contributed by atoms with Crippen LogP contribution in [0.4, 0.5) is 14.6 Å². The van der Waals surface area contributed by atoms with E-state index in [-0.39, 0.29) is 0 Å². The van der Waals surface area contributed by atoms with Gasteiger partial charge in [0.2, 0.25) is 0 Å². The highest BCUT2D eigenvalue weighted by molar-refractivity contribution is 7.13. The van der Waals surface area contributed by atoms with E-state index in [0.29, 0.717) is 22.5 Å². The summed E-state index contributed by atoms with van der Waals surface area (Å²) in [6.45, 7) is 1.77. The van der Waals surface area contributed by atoms with Crippen LogP contribution in [0.2, 0.25) is 0 Å². The van der Waals surface area contributed by atoms with Crippen LogP contribution in [-0.2, 0) is 0 Å². The molecule has 0 aliphatic heterocycles. The lowest BCUT2D eigenvalue weighted by atomic mass is 10.2. The summed E-state index contributed by atoms with van der Waals surface area (Å²) in [7, 11) is 4.09. The number of unbranched alkanes of at least 4 members (excludes halogenated alkanes) is 1. The van der Waals surface area contributed by atoms with Crippen LogP contribution >= 0.6 is 11.3 Å². The molecule has 3 rings (SSSR count). The number of rotatable bonds is 7. The van der Waals surface area contributed by atoms with Crippen LogP contribution in [-0.4, -0.2) is 42.1 Å². The van der Waals surface area contributed by atoms with E-state index in [0.717, 1.165) is 42.9 Å². The molecule has 0 amide bonds. The Kier molecular flexibility index (Phi) is 5.55. The number of anilines is 1. The molecule has 25 heavy (non-hydrogen) atoms. The van der Waals surface area contributed by atoms with Gasteiger partial charge in [-0.05, 0) is 44.9 Å². The van der Waals surface area contributed by atoms with E-state index >= 15 is 0 Å². The second kappa shape index (κ2) is 7.84. The molecule has 0 bridgehead atoms. The van der Waals surface area contributed by atoms with Crippen molar-refractivity contribution in [2.24, 2.45) is 0 Å². The maximum atomic E-state index is 13.5. The molecule has 7 heteroatoms. The van der Waals surface area contributed by atoms with Crippen molar-refractivity contribution >= 4 is 28.2 Å². The van der Waals surface area contributed by atoms with E-state index in [1.807, 2.05) is 31.6 Å². The molecule has 2 aromatic heterocycles. The Balaban J connectivity index is 1.88. The fourth-order valence-electron chi connectivity index (χ4n) is 2.52. The van der Waals surface area contributed by atoms with Gasteiger partial charge in [0.25, 0.3) is 0 Å². The van der Waals surface area contributed by atoms with Gasteiger partial charge in [-0.3, -0.25) is 0 Å². The Morgan fingerprint density at radius 3 is 2.44 bits per heavy atom. The van der Waals surface area contributed by atoms with Crippen molar-refractivity contribution in [1.29, 1.82) is 0 Å². The van der Waals surface area contributed by atoms with Gasteiger partial charge in [-0.2, -0.15) is 0 Å². The smallest absolute Gasteiger partial charge is 0.161 e. The second-order valence-corrected chi connectivity index (χ2v) is 7.04. The van der Waals surface area contributed by atoms with E-state index in [4.69, 9.17) is 0 Å². The first-order valence-corrected chi connectivity index (χ1v) is 9.02. The molecule has 0 saturated heterocycles. The first-order chi connectivity index (χ1) is 12.0. The van der Waals surface area contributed by atoms with Gasteiger partial charge in [0, 0.05) is 18.7 Å². The normalized spacial score (nSPS) is 11.4. The van der Waals surface area contributed by atoms with Crippen LogP contribution in [0.3, 0.4) is 0 Å². The maximum absolute atomic E-state index is 13.5. The van der Waals surface area contributed by atoms with Crippen LogP contribution in [0.25, 0.3) is 21.6 Å². The third-order valence-corrected chi connectivity index (χ3v) is 4.66. The van der Waals surface area contributed by atoms with Gasteiger partial charge in [-0.1, -0.05) is 6.07 Å². The lowest BCUT2D eigenvalue weighted by Crippen LogP contribution is -2.14. The summed E-state index contributed by atoms with van der Waals surface area (Å²) in [5.74, 6) is -1.23. The molecule has 4 nitrogen and oxygen atoms in total. The van der Waals surface area contributed by atoms with Crippen molar-refractivity contribution in [3.05, 3.63) is 41.3 Å². The number of nitrogens with zero attached hydrogens (tertiary/aromatic N) is 3. The number of benzene rings is 1. The SMILES string of the molecule is CN(C)CCCCNc1nc2cc(F)c(F)cc2nc1-c1cccs1. The largest absolute Gasteiger partial charge is 0.368 e. The van der Waals surface area contributed by atoms with Gasteiger partial charge in [0.1, 0.15) is 5.69 Å². The molecule has 0 saturated carbocycles. The van der Waals surface area contributed by atoms with Gasteiger partial charge in [0.05, 0.1) is 15.9 Å². The predicted molar refractivity (Wildman–Crippen MR) is 99.0 cm³/mol. The summed E-state index contributed by atoms with van der Waals surface area (Å²) in [6.07, 6.45) is 2.05. The van der Waals surface area contributed by atoms with Crippen LogP contribution < -0.4 is 5.32 Å². The first kappa shape index (κ1) is 17.7. The fraction of sp³-hybridized carbons (Fsp3) is 0.333. The first-order valence-electron chi connectivity index (χ1n) is 8.14. The highest BCUT2D eigenvalue weighted by Crippen LogP contribution is 2.31. The molecule has 0 aliphatic carbocycles. The monoisotopic (exact) mass is 362 g/mol. The zero-order chi connectivity index (χ0) is 17.8. The highest BCUT2D eigenvalue weighted by atomic mass is 32.1. The van der Waals surface area contributed by atoms with Gasteiger partial charge in [0.15, 0.2) is 17.5 Å². The third kappa shape index (κ3) is 4.29. The highest BCUT2D eigenvalue weighted by Gasteiger charge is 2.14. The van der Waals surface area contributed by atoms with Gasteiger partial charge < -0.3 is 10.2 Å². The third-order valence-electron chi connectivity index (χ3n) is 3.79. The molecule has 0 unspecified atom stereocenters. The average molecular weight is 362 g/mol. The molecule has 0 spiro atoms. The minimum Gasteiger partial charge on any atom is -0.368 e. The molecular formula is C18H20F2N4S. The van der Waals surface area contributed by atoms with Crippen molar-refractivity contribution < 1.29 is 8.78 Å². The van der Waals surface area contributed by atoms with Crippen LogP contribution in [0.15, 0.2) is 29.6 Å².